The second-order valence-electron chi connectivity index (χ2n) is 3.45. The van der Waals surface area contributed by atoms with Gasteiger partial charge in [-0.2, -0.15) is 4.98 Å². The highest BCUT2D eigenvalue weighted by Crippen LogP contribution is 2.25. The van der Waals surface area contributed by atoms with Crippen LogP contribution in [0.15, 0.2) is 30.3 Å². The number of benzene rings is 1. The third kappa shape index (κ3) is 2.85. The molecular formula is C12H12ClN3O. The summed E-state index contributed by atoms with van der Waals surface area (Å²) in [6.45, 7) is 2.06. The molecule has 0 saturated carbocycles. The molecule has 1 heterocycles. The Balaban J connectivity index is 2.31. The minimum Gasteiger partial charge on any atom is -0.439 e. The van der Waals surface area contributed by atoms with E-state index in [0.717, 1.165) is 17.7 Å². The summed E-state index contributed by atoms with van der Waals surface area (Å²) in [4.78, 5) is 7.74. The van der Waals surface area contributed by atoms with E-state index in [1.54, 1.807) is 0 Å². The normalized spacial score (nSPS) is 10.2. The summed E-state index contributed by atoms with van der Waals surface area (Å²) in [5.41, 5.74) is 6.59. The van der Waals surface area contributed by atoms with E-state index in [9.17, 15) is 0 Å². The molecular weight excluding hydrogens is 238 g/mol. The number of nitrogens with two attached hydrogens (primary N) is 1. The van der Waals surface area contributed by atoms with Crippen molar-refractivity contribution in [3.05, 3.63) is 41.0 Å². The van der Waals surface area contributed by atoms with Gasteiger partial charge >= 0.3 is 0 Å². The molecule has 0 fully saturated rings. The average Bonchev–Trinajstić information content (AvgIpc) is 2.28. The molecule has 0 aliphatic heterocycles. The van der Waals surface area contributed by atoms with Crippen LogP contribution in [0.5, 0.6) is 11.6 Å². The Kier molecular flexibility index (Phi) is 3.44. The predicted molar refractivity (Wildman–Crippen MR) is 67.3 cm³/mol. The summed E-state index contributed by atoms with van der Waals surface area (Å²) < 4.78 is 5.65. The fourth-order valence-corrected chi connectivity index (χ4v) is 1.65. The van der Waals surface area contributed by atoms with Crippen LogP contribution in [0.2, 0.25) is 5.15 Å². The van der Waals surface area contributed by atoms with E-state index >= 15 is 0 Å². The van der Waals surface area contributed by atoms with Crippen LogP contribution in [-0.2, 0) is 6.42 Å². The Labute approximate surface area is 104 Å². The number of ether oxygens (including phenoxy) is 1. The maximum Gasteiger partial charge on any atom is 0.225 e. The Morgan fingerprint density at radius 3 is 2.76 bits per heavy atom. The molecule has 0 bridgehead atoms. The topological polar surface area (TPSA) is 61.0 Å². The molecule has 5 heteroatoms. The highest BCUT2D eigenvalue weighted by atomic mass is 35.5. The molecule has 0 atom stereocenters. The second-order valence-corrected chi connectivity index (χ2v) is 3.84. The number of hydrogen-bond acceptors (Lipinski definition) is 4. The van der Waals surface area contributed by atoms with Crippen molar-refractivity contribution in [2.45, 2.75) is 13.3 Å². The Morgan fingerprint density at radius 2 is 2.06 bits per heavy atom. The Hall–Kier alpha value is -1.81. The third-order valence-corrected chi connectivity index (χ3v) is 2.45. The Morgan fingerprint density at radius 1 is 1.29 bits per heavy atom. The maximum atomic E-state index is 5.78. The lowest BCUT2D eigenvalue weighted by molar-refractivity contribution is 0.457. The quantitative estimate of drug-likeness (QED) is 0.850. The molecule has 1 aromatic carbocycles. The first kappa shape index (κ1) is 11.7. The summed E-state index contributed by atoms with van der Waals surface area (Å²) in [6.07, 6.45) is 0.879. The average molecular weight is 250 g/mol. The van der Waals surface area contributed by atoms with Crippen molar-refractivity contribution in [2.75, 3.05) is 5.73 Å². The standard InChI is InChI=1S/C12H12ClN3O/c1-2-8-5-3-4-6-9(8)17-11-7-10(13)15-12(14)16-11/h3-7H,2H2,1H3,(H2,14,15,16). The first-order chi connectivity index (χ1) is 8.19. The van der Waals surface area contributed by atoms with Crippen LogP contribution in [0.3, 0.4) is 0 Å². The molecule has 88 valence electrons. The highest BCUT2D eigenvalue weighted by Gasteiger charge is 2.06. The minimum absolute atomic E-state index is 0.0986. The van der Waals surface area contributed by atoms with Crippen molar-refractivity contribution in [3.8, 4) is 11.6 Å². The number of halogens is 1. The molecule has 0 aliphatic carbocycles. The van der Waals surface area contributed by atoms with E-state index in [1.807, 2.05) is 24.3 Å². The van der Waals surface area contributed by atoms with E-state index in [2.05, 4.69) is 16.9 Å². The van der Waals surface area contributed by atoms with Crippen molar-refractivity contribution in [2.24, 2.45) is 0 Å². The molecule has 4 nitrogen and oxygen atoms in total. The number of nitrogen functional groups attached to an aromatic ring is 1. The molecule has 2 rings (SSSR count). The summed E-state index contributed by atoms with van der Waals surface area (Å²) in [5, 5.41) is 0.265. The van der Waals surface area contributed by atoms with Gasteiger partial charge in [0.15, 0.2) is 0 Å². The monoisotopic (exact) mass is 249 g/mol. The molecule has 17 heavy (non-hydrogen) atoms. The number of anilines is 1. The number of hydrogen-bond donors (Lipinski definition) is 1. The lowest BCUT2D eigenvalue weighted by Gasteiger charge is -2.09. The molecule has 0 aliphatic rings. The predicted octanol–water partition coefficient (Wildman–Crippen LogP) is 3.07. The van der Waals surface area contributed by atoms with Gasteiger partial charge in [0.2, 0.25) is 11.8 Å². The molecule has 0 amide bonds. The van der Waals surface area contributed by atoms with E-state index in [4.69, 9.17) is 22.1 Å². The van der Waals surface area contributed by atoms with Crippen molar-refractivity contribution in [1.82, 2.24) is 9.97 Å². The van der Waals surface area contributed by atoms with Crippen LogP contribution in [0, 0.1) is 0 Å². The van der Waals surface area contributed by atoms with Gasteiger partial charge in [-0.1, -0.05) is 36.7 Å². The first-order valence-electron chi connectivity index (χ1n) is 5.25. The number of aromatic nitrogens is 2. The molecule has 0 spiro atoms. The molecule has 1 aromatic heterocycles. The van der Waals surface area contributed by atoms with Crippen LogP contribution in [-0.4, -0.2) is 9.97 Å². The van der Waals surface area contributed by atoms with Crippen molar-refractivity contribution < 1.29 is 4.74 Å². The van der Waals surface area contributed by atoms with Gasteiger partial charge in [-0.3, -0.25) is 0 Å². The van der Waals surface area contributed by atoms with Gasteiger partial charge in [0.1, 0.15) is 10.9 Å². The van der Waals surface area contributed by atoms with Crippen molar-refractivity contribution >= 4 is 17.5 Å². The van der Waals surface area contributed by atoms with E-state index in [1.165, 1.54) is 6.07 Å². The molecule has 2 aromatic rings. The number of nitrogens with zero attached hydrogens (tertiary/aromatic N) is 2. The Bertz CT molecular complexity index is 511. The molecule has 0 unspecified atom stereocenters. The molecule has 0 radical (unpaired) electrons. The van der Waals surface area contributed by atoms with Crippen molar-refractivity contribution in [1.29, 1.82) is 0 Å². The van der Waals surface area contributed by atoms with Crippen molar-refractivity contribution in [3.63, 3.8) is 0 Å². The summed E-state index contributed by atoms with van der Waals surface area (Å²) >= 11 is 5.78. The van der Waals surface area contributed by atoms with Crippen LogP contribution >= 0.6 is 11.6 Å². The van der Waals surface area contributed by atoms with Gasteiger partial charge in [0, 0.05) is 6.07 Å². The lowest BCUT2D eigenvalue weighted by atomic mass is 10.1. The van der Waals surface area contributed by atoms with Crippen LogP contribution in [0.25, 0.3) is 0 Å². The number of rotatable bonds is 3. The van der Waals surface area contributed by atoms with Gasteiger partial charge in [0.25, 0.3) is 0 Å². The van der Waals surface area contributed by atoms with Gasteiger partial charge in [0.05, 0.1) is 0 Å². The van der Waals surface area contributed by atoms with Crippen LogP contribution < -0.4 is 10.5 Å². The lowest BCUT2D eigenvalue weighted by Crippen LogP contribution is -1.98. The smallest absolute Gasteiger partial charge is 0.225 e. The van der Waals surface area contributed by atoms with E-state index in [-0.39, 0.29) is 11.1 Å². The zero-order valence-electron chi connectivity index (χ0n) is 9.35. The fraction of sp³-hybridized carbons (Fsp3) is 0.167. The largest absolute Gasteiger partial charge is 0.439 e. The van der Waals surface area contributed by atoms with Gasteiger partial charge in [-0.05, 0) is 18.1 Å². The van der Waals surface area contributed by atoms with Crippen LogP contribution in [0.4, 0.5) is 5.95 Å². The number of aryl methyl sites for hydroxylation is 1. The second kappa shape index (κ2) is 5.01. The number of para-hydroxylation sites is 1. The van der Waals surface area contributed by atoms with E-state index < -0.39 is 0 Å². The highest BCUT2D eigenvalue weighted by molar-refractivity contribution is 6.29. The zero-order chi connectivity index (χ0) is 12.3. The summed E-state index contributed by atoms with van der Waals surface area (Å²) in [7, 11) is 0. The summed E-state index contributed by atoms with van der Waals surface area (Å²) in [5.74, 6) is 1.20. The molecule has 2 N–H and O–H groups in total. The summed E-state index contributed by atoms with van der Waals surface area (Å²) in [6, 6.07) is 9.28. The SMILES string of the molecule is CCc1ccccc1Oc1cc(Cl)nc(N)n1. The minimum atomic E-state index is 0.0986. The van der Waals surface area contributed by atoms with Crippen LogP contribution in [0.1, 0.15) is 12.5 Å². The zero-order valence-corrected chi connectivity index (χ0v) is 10.1. The van der Waals surface area contributed by atoms with Gasteiger partial charge < -0.3 is 10.5 Å². The first-order valence-corrected chi connectivity index (χ1v) is 5.62. The fourth-order valence-electron chi connectivity index (χ4n) is 1.47. The van der Waals surface area contributed by atoms with Gasteiger partial charge in [-0.15, -0.1) is 0 Å². The third-order valence-electron chi connectivity index (χ3n) is 2.26. The molecule has 0 saturated heterocycles. The van der Waals surface area contributed by atoms with Gasteiger partial charge in [-0.25, -0.2) is 4.98 Å². The maximum absolute atomic E-state index is 5.78. The van der Waals surface area contributed by atoms with E-state index in [0.29, 0.717) is 5.88 Å².